The van der Waals surface area contributed by atoms with E-state index in [0.29, 0.717) is 6.54 Å². The molecule has 2 unspecified atom stereocenters. The van der Waals surface area contributed by atoms with Gasteiger partial charge < -0.3 is 20.5 Å². The Morgan fingerprint density at radius 2 is 2.20 bits per heavy atom. The number of nitrogens with two attached hydrogens (primary N) is 1. The number of methoxy groups -OCH3 is 2. The smallest absolute Gasteiger partial charge is 0.165 e. The minimum absolute atomic E-state index is 0.0669. The van der Waals surface area contributed by atoms with Gasteiger partial charge in [0, 0.05) is 25.4 Å². The predicted molar refractivity (Wildman–Crippen MR) is 77.6 cm³/mol. The SMILES string of the molecule is COc1cc(NC2(CN)CCCCC2OC)ccc1F. The summed E-state index contributed by atoms with van der Waals surface area (Å²) in [5.41, 5.74) is 6.51. The van der Waals surface area contributed by atoms with Gasteiger partial charge in [-0.15, -0.1) is 0 Å². The van der Waals surface area contributed by atoms with E-state index in [1.807, 2.05) is 0 Å². The third kappa shape index (κ3) is 2.88. The van der Waals surface area contributed by atoms with Gasteiger partial charge in [0.25, 0.3) is 0 Å². The molecule has 0 spiro atoms. The quantitative estimate of drug-likeness (QED) is 0.871. The number of hydrogen-bond acceptors (Lipinski definition) is 4. The van der Waals surface area contributed by atoms with Crippen LogP contribution in [0.25, 0.3) is 0 Å². The van der Waals surface area contributed by atoms with Gasteiger partial charge in [0.2, 0.25) is 0 Å². The van der Waals surface area contributed by atoms with Gasteiger partial charge in [-0.1, -0.05) is 12.8 Å². The van der Waals surface area contributed by atoms with Gasteiger partial charge in [-0.3, -0.25) is 0 Å². The number of ether oxygens (including phenoxy) is 2. The largest absolute Gasteiger partial charge is 0.494 e. The minimum atomic E-state index is -0.369. The summed E-state index contributed by atoms with van der Waals surface area (Å²) in [5, 5.41) is 3.45. The van der Waals surface area contributed by atoms with Crippen molar-refractivity contribution in [2.45, 2.75) is 37.3 Å². The Morgan fingerprint density at radius 1 is 1.40 bits per heavy atom. The maximum Gasteiger partial charge on any atom is 0.165 e. The molecule has 1 saturated carbocycles. The zero-order valence-corrected chi connectivity index (χ0v) is 12.1. The van der Waals surface area contributed by atoms with Gasteiger partial charge in [-0.05, 0) is 25.0 Å². The van der Waals surface area contributed by atoms with Crippen LogP contribution in [0.3, 0.4) is 0 Å². The summed E-state index contributed by atoms with van der Waals surface area (Å²) in [6.45, 7) is 0.477. The highest BCUT2D eigenvalue weighted by atomic mass is 19.1. The average molecular weight is 282 g/mol. The van der Waals surface area contributed by atoms with Crippen molar-refractivity contribution in [2.24, 2.45) is 5.73 Å². The Morgan fingerprint density at radius 3 is 2.85 bits per heavy atom. The Kier molecular flexibility index (Phi) is 4.83. The van der Waals surface area contributed by atoms with E-state index in [4.69, 9.17) is 15.2 Å². The third-order valence-electron chi connectivity index (χ3n) is 4.15. The molecule has 1 aliphatic carbocycles. The van der Waals surface area contributed by atoms with Crippen LogP contribution in [0.5, 0.6) is 5.75 Å². The van der Waals surface area contributed by atoms with Crippen molar-refractivity contribution in [3.63, 3.8) is 0 Å². The van der Waals surface area contributed by atoms with Crippen LogP contribution in [-0.2, 0) is 4.74 Å². The lowest BCUT2D eigenvalue weighted by Crippen LogP contribution is -2.57. The van der Waals surface area contributed by atoms with Crippen molar-refractivity contribution >= 4 is 5.69 Å². The molecule has 0 amide bonds. The van der Waals surface area contributed by atoms with Crippen molar-refractivity contribution in [3.8, 4) is 5.75 Å². The van der Waals surface area contributed by atoms with E-state index in [1.165, 1.54) is 13.2 Å². The number of benzene rings is 1. The Labute approximate surface area is 119 Å². The molecule has 1 fully saturated rings. The number of halogens is 1. The molecule has 5 heteroatoms. The van der Waals surface area contributed by atoms with E-state index in [0.717, 1.165) is 31.4 Å². The fourth-order valence-corrected chi connectivity index (χ4v) is 3.00. The molecule has 112 valence electrons. The van der Waals surface area contributed by atoms with Crippen LogP contribution in [0.1, 0.15) is 25.7 Å². The third-order valence-corrected chi connectivity index (χ3v) is 4.15. The van der Waals surface area contributed by atoms with Crippen LogP contribution in [0, 0.1) is 5.82 Å². The molecular formula is C15H23FN2O2. The van der Waals surface area contributed by atoms with Crippen LogP contribution < -0.4 is 15.8 Å². The Hall–Kier alpha value is -1.33. The molecule has 0 heterocycles. The molecule has 0 saturated heterocycles. The summed E-state index contributed by atoms with van der Waals surface area (Å²) < 4.78 is 24.1. The van der Waals surface area contributed by atoms with E-state index < -0.39 is 0 Å². The van der Waals surface area contributed by atoms with Gasteiger partial charge in [-0.25, -0.2) is 4.39 Å². The summed E-state index contributed by atoms with van der Waals surface area (Å²) in [6.07, 6.45) is 4.26. The lowest BCUT2D eigenvalue weighted by Gasteiger charge is -2.44. The molecule has 1 aromatic carbocycles. The highest BCUT2D eigenvalue weighted by Crippen LogP contribution is 2.34. The zero-order chi connectivity index (χ0) is 14.6. The highest BCUT2D eigenvalue weighted by Gasteiger charge is 2.40. The van der Waals surface area contributed by atoms with Crippen molar-refractivity contribution in [1.29, 1.82) is 0 Å². The number of hydrogen-bond donors (Lipinski definition) is 2. The molecule has 2 atom stereocenters. The molecule has 2 rings (SSSR count). The molecular weight excluding hydrogens is 259 g/mol. The normalized spacial score (nSPS) is 26.3. The lowest BCUT2D eigenvalue weighted by molar-refractivity contribution is 0.0190. The van der Waals surface area contributed by atoms with E-state index in [2.05, 4.69) is 5.32 Å². The summed E-state index contributed by atoms with van der Waals surface area (Å²) in [4.78, 5) is 0. The van der Waals surface area contributed by atoms with Crippen molar-refractivity contribution in [1.82, 2.24) is 0 Å². The Bertz CT molecular complexity index is 455. The van der Waals surface area contributed by atoms with Gasteiger partial charge in [0.05, 0.1) is 18.8 Å². The average Bonchev–Trinajstić information content (AvgIpc) is 2.49. The topological polar surface area (TPSA) is 56.5 Å². The lowest BCUT2D eigenvalue weighted by atomic mass is 9.78. The van der Waals surface area contributed by atoms with Crippen LogP contribution >= 0.6 is 0 Å². The number of anilines is 1. The van der Waals surface area contributed by atoms with E-state index in [9.17, 15) is 4.39 Å². The number of rotatable bonds is 5. The first kappa shape index (κ1) is 15.1. The molecule has 3 N–H and O–H groups in total. The van der Waals surface area contributed by atoms with Gasteiger partial charge in [-0.2, -0.15) is 0 Å². The Balaban J connectivity index is 2.24. The van der Waals surface area contributed by atoms with E-state index >= 15 is 0 Å². The second-order valence-corrected chi connectivity index (χ2v) is 5.30. The van der Waals surface area contributed by atoms with Crippen LogP contribution in [0.15, 0.2) is 18.2 Å². The summed E-state index contributed by atoms with van der Waals surface area (Å²) in [5.74, 6) is -0.140. The van der Waals surface area contributed by atoms with Crippen LogP contribution in [-0.4, -0.2) is 32.4 Å². The van der Waals surface area contributed by atoms with Gasteiger partial charge >= 0.3 is 0 Å². The van der Waals surface area contributed by atoms with Gasteiger partial charge in [0.15, 0.2) is 11.6 Å². The molecule has 0 radical (unpaired) electrons. The van der Waals surface area contributed by atoms with E-state index in [-0.39, 0.29) is 23.2 Å². The van der Waals surface area contributed by atoms with Crippen molar-refractivity contribution in [3.05, 3.63) is 24.0 Å². The summed E-state index contributed by atoms with van der Waals surface area (Å²) in [7, 11) is 3.17. The maximum absolute atomic E-state index is 13.5. The first-order valence-electron chi connectivity index (χ1n) is 7.00. The van der Waals surface area contributed by atoms with Crippen LogP contribution in [0.2, 0.25) is 0 Å². The monoisotopic (exact) mass is 282 g/mol. The molecule has 4 nitrogen and oxygen atoms in total. The zero-order valence-electron chi connectivity index (χ0n) is 12.1. The summed E-state index contributed by atoms with van der Waals surface area (Å²) >= 11 is 0. The maximum atomic E-state index is 13.5. The van der Waals surface area contributed by atoms with Crippen LogP contribution in [0.4, 0.5) is 10.1 Å². The first-order chi connectivity index (χ1) is 9.65. The van der Waals surface area contributed by atoms with Gasteiger partial charge in [0.1, 0.15) is 0 Å². The number of nitrogens with one attached hydrogen (secondary N) is 1. The second kappa shape index (κ2) is 6.41. The fraction of sp³-hybridized carbons (Fsp3) is 0.600. The standard InChI is InChI=1S/C15H23FN2O2/c1-19-13-9-11(6-7-12(13)16)18-15(10-17)8-4-3-5-14(15)20-2/h6-7,9,14,18H,3-5,8,10,17H2,1-2H3. The molecule has 0 bridgehead atoms. The highest BCUT2D eigenvalue weighted by molar-refractivity contribution is 5.51. The fourth-order valence-electron chi connectivity index (χ4n) is 3.00. The first-order valence-corrected chi connectivity index (χ1v) is 7.00. The molecule has 0 aliphatic heterocycles. The summed E-state index contributed by atoms with van der Waals surface area (Å²) in [6, 6.07) is 4.76. The van der Waals surface area contributed by atoms with Crippen molar-refractivity contribution < 1.29 is 13.9 Å². The predicted octanol–water partition coefficient (Wildman–Crippen LogP) is 2.53. The molecule has 1 aliphatic rings. The van der Waals surface area contributed by atoms with E-state index in [1.54, 1.807) is 19.2 Å². The second-order valence-electron chi connectivity index (χ2n) is 5.30. The minimum Gasteiger partial charge on any atom is -0.494 e. The molecule has 20 heavy (non-hydrogen) atoms. The molecule has 0 aromatic heterocycles. The molecule has 1 aromatic rings. The van der Waals surface area contributed by atoms with Crippen molar-refractivity contribution in [2.75, 3.05) is 26.1 Å².